The predicted molar refractivity (Wildman–Crippen MR) is 72.5 cm³/mol. The van der Waals surface area contributed by atoms with Gasteiger partial charge in [0, 0.05) is 18.8 Å². The van der Waals surface area contributed by atoms with Gasteiger partial charge in [-0.25, -0.2) is 0 Å². The highest BCUT2D eigenvalue weighted by Crippen LogP contribution is 2.20. The van der Waals surface area contributed by atoms with Gasteiger partial charge in [0.05, 0.1) is 17.3 Å². The van der Waals surface area contributed by atoms with Crippen LogP contribution in [-0.2, 0) is 13.0 Å². The SMILES string of the molecule is CCCNC(Cc1cnn(CC)c1)c1cnns1. The molecule has 6 heteroatoms. The zero-order valence-corrected chi connectivity index (χ0v) is 11.7. The highest BCUT2D eigenvalue weighted by molar-refractivity contribution is 7.05. The second-order valence-electron chi connectivity index (χ2n) is 4.23. The number of nitrogens with one attached hydrogen (secondary N) is 1. The largest absolute Gasteiger partial charge is 0.309 e. The third-order valence-electron chi connectivity index (χ3n) is 2.81. The van der Waals surface area contributed by atoms with Crippen LogP contribution in [0.25, 0.3) is 0 Å². The highest BCUT2D eigenvalue weighted by Gasteiger charge is 2.14. The molecule has 5 nitrogen and oxygen atoms in total. The van der Waals surface area contributed by atoms with E-state index in [9.17, 15) is 0 Å². The molecule has 2 aromatic heterocycles. The molecule has 0 saturated carbocycles. The van der Waals surface area contributed by atoms with Crippen LogP contribution in [0.4, 0.5) is 0 Å². The maximum atomic E-state index is 4.31. The first kappa shape index (κ1) is 13.2. The molecule has 1 unspecified atom stereocenters. The molecule has 2 heterocycles. The van der Waals surface area contributed by atoms with E-state index >= 15 is 0 Å². The van der Waals surface area contributed by atoms with Gasteiger partial charge in [-0.15, -0.1) is 5.10 Å². The lowest BCUT2D eigenvalue weighted by Gasteiger charge is -2.15. The third kappa shape index (κ3) is 3.36. The van der Waals surface area contributed by atoms with Crippen molar-refractivity contribution in [3.63, 3.8) is 0 Å². The van der Waals surface area contributed by atoms with Crippen molar-refractivity contribution in [1.82, 2.24) is 24.7 Å². The van der Waals surface area contributed by atoms with Crippen molar-refractivity contribution < 1.29 is 0 Å². The molecule has 0 saturated heterocycles. The van der Waals surface area contributed by atoms with Crippen molar-refractivity contribution in [2.24, 2.45) is 0 Å². The monoisotopic (exact) mass is 265 g/mol. The summed E-state index contributed by atoms with van der Waals surface area (Å²) >= 11 is 1.46. The molecule has 0 aromatic carbocycles. The van der Waals surface area contributed by atoms with Crippen LogP contribution in [0.2, 0.25) is 0 Å². The van der Waals surface area contributed by atoms with Gasteiger partial charge in [-0.1, -0.05) is 11.4 Å². The summed E-state index contributed by atoms with van der Waals surface area (Å²) in [4.78, 5) is 1.19. The second-order valence-corrected chi connectivity index (χ2v) is 5.05. The molecule has 0 amide bonds. The average Bonchev–Trinajstić information content (AvgIpc) is 3.05. The number of nitrogens with zero attached hydrogens (tertiary/aromatic N) is 4. The Kier molecular flexibility index (Phi) is 4.83. The van der Waals surface area contributed by atoms with Crippen LogP contribution in [0.3, 0.4) is 0 Å². The normalized spacial score (nSPS) is 12.8. The van der Waals surface area contributed by atoms with Crippen LogP contribution in [0.15, 0.2) is 18.6 Å². The Morgan fingerprint density at radius 2 is 2.28 bits per heavy atom. The molecule has 0 spiro atoms. The average molecular weight is 265 g/mol. The molecule has 18 heavy (non-hydrogen) atoms. The van der Waals surface area contributed by atoms with E-state index < -0.39 is 0 Å². The molecule has 0 aliphatic heterocycles. The van der Waals surface area contributed by atoms with Gasteiger partial charge in [0.2, 0.25) is 0 Å². The molecule has 0 aliphatic carbocycles. The summed E-state index contributed by atoms with van der Waals surface area (Å²) in [5.74, 6) is 0. The molecule has 0 radical (unpaired) electrons. The molecular formula is C12H19N5S. The maximum Gasteiger partial charge on any atom is 0.0669 e. The summed E-state index contributed by atoms with van der Waals surface area (Å²) < 4.78 is 5.90. The van der Waals surface area contributed by atoms with Gasteiger partial charge in [0.15, 0.2) is 0 Å². The van der Waals surface area contributed by atoms with Crippen molar-refractivity contribution >= 4 is 11.5 Å². The van der Waals surface area contributed by atoms with E-state index in [2.05, 4.69) is 40.0 Å². The minimum Gasteiger partial charge on any atom is -0.309 e. The van der Waals surface area contributed by atoms with Gasteiger partial charge >= 0.3 is 0 Å². The smallest absolute Gasteiger partial charge is 0.0669 e. The molecular weight excluding hydrogens is 246 g/mol. The maximum absolute atomic E-state index is 4.31. The Hall–Kier alpha value is -1.27. The topological polar surface area (TPSA) is 55.6 Å². The molecule has 1 atom stereocenters. The van der Waals surface area contributed by atoms with E-state index in [0.717, 1.165) is 25.9 Å². The van der Waals surface area contributed by atoms with E-state index in [1.807, 2.05) is 17.1 Å². The van der Waals surface area contributed by atoms with Crippen molar-refractivity contribution in [3.05, 3.63) is 29.0 Å². The Balaban J connectivity index is 2.04. The van der Waals surface area contributed by atoms with Crippen LogP contribution in [0.5, 0.6) is 0 Å². The Morgan fingerprint density at radius 1 is 1.39 bits per heavy atom. The van der Waals surface area contributed by atoms with Gasteiger partial charge < -0.3 is 5.32 Å². The lowest BCUT2D eigenvalue weighted by atomic mass is 10.1. The summed E-state index contributed by atoms with van der Waals surface area (Å²) in [5, 5.41) is 11.8. The third-order valence-corrected chi connectivity index (χ3v) is 3.59. The second kappa shape index (κ2) is 6.61. The standard InChI is InChI=1S/C12H19N5S/c1-3-5-13-11(12-8-14-16-18-12)6-10-7-15-17(4-2)9-10/h7-9,11,13H,3-6H2,1-2H3. The zero-order valence-electron chi connectivity index (χ0n) is 10.8. The van der Waals surface area contributed by atoms with Gasteiger partial charge in [0.25, 0.3) is 0 Å². The van der Waals surface area contributed by atoms with Crippen molar-refractivity contribution in [2.75, 3.05) is 6.54 Å². The number of aryl methyl sites for hydroxylation is 1. The highest BCUT2D eigenvalue weighted by atomic mass is 32.1. The molecule has 2 aromatic rings. The van der Waals surface area contributed by atoms with Crippen LogP contribution >= 0.6 is 11.5 Å². The molecule has 98 valence electrons. The molecule has 1 N–H and O–H groups in total. The first-order valence-electron chi connectivity index (χ1n) is 6.35. The summed E-state index contributed by atoms with van der Waals surface area (Å²) in [5.41, 5.74) is 1.25. The first-order chi connectivity index (χ1) is 8.83. The summed E-state index contributed by atoms with van der Waals surface area (Å²) in [6.07, 6.45) is 7.96. The van der Waals surface area contributed by atoms with Gasteiger partial charge in [-0.05, 0) is 43.4 Å². The van der Waals surface area contributed by atoms with E-state index in [0.29, 0.717) is 6.04 Å². The van der Waals surface area contributed by atoms with Crippen LogP contribution in [0, 0.1) is 0 Å². The molecule has 2 rings (SSSR count). The van der Waals surface area contributed by atoms with E-state index in [1.54, 1.807) is 0 Å². The number of rotatable bonds is 7. The number of hydrogen-bond acceptors (Lipinski definition) is 5. The van der Waals surface area contributed by atoms with Gasteiger partial charge in [-0.2, -0.15) is 5.10 Å². The fourth-order valence-corrected chi connectivity index (χ4v) is 2.42. The van der Waals surface area contributed by atoms with Crippen LogP contribution in [-0.4, -0.2) is 25.9 Å². The Morgan fingerprint density at radius 3 is 2.89 bits per heavy atom. The number of aromatic nitrogens is 4. The molecule has 0 bridgehead atoms. The van der Waals surface area contributed by atoms with Crippen LogP contribution < -0.4 is 5.32 Å². The zero-order chi connectivity index (χ0) is 12.8. The van der Waals surface area contributed by atoms with Crippen molar-refractivity contribution in [1.29, 1.82) is 0 Å². The fraction of sp³-hybridized carbons (Fsp3) is 0.583. The Labute approximate surface area is 111 Å². The van der Waals surface area contributed by atoms with Gasteiger partial charge in [-0.3, -0.25) is 4.68 Å². The van der Waals surface area contributed by atoms with Gasteiger partial charge in [0.1, 0.15) is 0 Å². The molecule has 0 fully saturated rings. The fourth-order valence-electron chi connectivity index (χ4n) is 1.84. The van der Waals surface area contributed by atoms with Crippen molar-refractivity contribution in [2.45, 2.75) is 39.3 Å². The lowest BCUT2D eigenvalue weighted by Crippen LogP contribution is -2.23. The van der Waals surface area contributed by atoms with Crippen molar-refractivity contribution in [3.8, 4) is 0 Å². The van der Waals surface area contributed by atoms with E-state index in [4.69, 9.17) is 0 Å². The summed E-state index contributed by atoms with van der Waals surface area (Å²) in [6.45, 7) is 6.18. The Bertz CT molecular complexity index is 451. The quantitative estimate of drug-likeness (QED) is 0.832. The first-order valence-corrected chi connectivity index (χ1v) is 7.12. The molecule has 0 aliphatic rings. The summed E-state index contributed by atoms with van der Waals surface area (Å²) in [6, 6.07) is 0.291. The minimum atomic E-state index is 0.291. The van der Waals surface area contributed by atoms with E-state index in [1.165, 1.54) is 22.0 Å². The predicted octanol–water partition coefficient (Wildman–Crippen LogP) is 2.04. The van der Waals surface area contributed by atoms with E-state index in [-0.39, 0.29) is 0 Å². The minimum absolute atomic E-state index is 0.291. The van der Waals surface area contributed by atoms with Crippen LogP contribution in [0.1, 0.15) is 36.8 Å². The lowest BCUT2D eigenvalue weighted by molar-refractivity contribution is 0.535. The number of hydrogen-bond donors (Lipinski definition) is 1. The summed E-state index contributed by atoms with van der Waals surface area (Å²) in [7, 11) is 0.